The lowest BCUT2D eigenvalue weighted by Gasteiger charge is -2.35. The van der Waals surface area contributed by atoms with Gasteiger partial charge in [0.05, 0.1) is 12.5 Å². The Morgan fingerprint density at radius 1 is 1.00 bits per heavy atom. The van der Waals surface area contributed by atoms with Crippen molar-refractivity contribution in [1.29, 1.82) is 0 Å². The average molecular weight is 337 g/mol. The zero-order valence-electron chi connectivity index (χ0n) is 14.0. The fourth-order valence-electron chi connectivity index (χ4n) is 3.39. The molecule has 0 bridgehead atoms. The van der Waals surface area contributed by atoms with E-state index in [0.29, 0.717) is 25.0 Å². The van der Waals surface area contributed by atoms with E-state index < -0.39 is 5.41 Å². The van der Waals surface area contributed by atoms with Gasteiger partial charge in [-0.3, -0.25) is 4.98 Å². The summed E-state index contributed by atoms with van der Waals surface area (Å²) in [4.78, 5) is 4.03. The molecule has 128 valence electrons. The third kappa shape index (κ3) is 2.78. The SMILES string of the molecule is COc1ccccc1C1(c2nnc(-c3ccncc3)o2)CCOCC1. The molecular weight excluding hydrogens is 318 g/mol. The van der Waals surface area contributed by atoms with Gasteiger partial charge in [-0.05, 0) is 31.0 Å². The van der Waals surface area contributed by atoms with Gasteiger partial charge in [-0.25, -0.2) is 0 Å². The molecule has 0 radical (unpaired) electrons. The minimum atomic E-state index is -0.400. The van der Waals surface area contributed by atoms with E-state index in [1.54, 1.807) is 19.5 Å². The van der Waals surface area contributed by atoms with Crippen molar-refractivity contribution >= 4 is 0 Å². The molecule has 0 aliphatic carbocycles. The number of hydrogen-bond donors (Lipinski definition) is 0. The maximum atomic E-state index is 6.11. The Labute approximate surface area is 145 Å². The summed E-state index contributed by atoms with van der Waals surface area (Å²) in [5.74, 6) is 1.93. The minimum Gasteiger partial charge on any atom is -0.496 e. The molecule has 25 heavy (non-hydrogen) atoms. The van der Waals surface area contributed by atoms with Gasteiger partial charge in [0.15, 0.2) is 0 Å². The van der Waals surface area contributed by atoms with E-state index >= 15 is 0 Å². The Kier molecular flexibility index (Phi) is 4.19. The molecule has 1 aromatic carbocycles. The lowest BCUT2D eigenvalue weighted by molar-refractivity contribution is 0.0538. The second-order valence-corrected chi connectivity index (χ2v) is 6.04. The smallest absolute Gasteiger partial charge is 0.247 e. The fourth-order valence-corrected chi connectivity index (χ4v) is 3.39. The van der Waals surface area contributed by atoms with Crippen molar-refractivity contribution in [2.24, 2.45) is 0 Å². The van der Waals surface area contributed by atoms with E-state index in [9.17, 15) is 0 Å². The number of pyridine rings is 1. The van der Waals surface area contributed by atoms with Crippen molar-refractivity contribution < 1.29 is 13.9 Å². The van der Waals surface area contributed by atoms with Crippen molar-refractivity contribution in [2.45, 2.75) is 18.3 Å². The van der Waals surface area contributed by atoms with Gasteiger partial charge in [-0.15, -0.1) is 10.2 Å². The molecule has 0 unspecified atom stereocenters. The van der Waals surface area contributed by atoms with E-state index in [4.69, 9.17) is 13.9 Å². The van der Waals surface area contributed by atoms with Crippen LogP contribution in [-0.2, 0) is 10.2 Å². The standard InChI is InChI=1S/C19H19N3O3/c1-23-16-5-3-2-4-15(16)19(8-12-24-13-9-19)18-22-21-17(25-18)14-6-10-20-11-7-14/h2-7,10-11H,8-9,12-13H2,1H3. The monoisotopic (exact) mass is 337 g/mol. The van der Waals surface area contributed by atoms with Gasteiger partial charge in [-0.2, -0.15) is 0 Å². The first-order valence-corrected chi connectivity index (χ1v) is 8.29. The van der Waals surface area contributed by atoms with Crippen LogP contribution in [0.3, 0.4) is 0 Å². The van der Waals surface area contributed by atoms with Crippen molar-refractivity contribution in [3.05, 3.63) is 60.2 Å². The van der Waals surface area contributed by atoms with Gasteiger partial charge in [0.25, 0.3) is 0 Å². The number of benzene rings is 1. The van der Waals surface area contributed by atoms with Crippen molar-refractivity contribution in [3.8, 4) is 17.2 Å². The summed E-state index contributed by atoms with van der Waals surface area (Å²) in [6.07, 6.45) is 4.96. The highest BCUT2D eigenvalue weighted by Gasteiger charge is 2.43. The lowest BCUT2D eigenvalue weighted by Crippen LogP contribution is -2.35. The second-order valence-electron chi connectivity index (χ2n) is 6.04. The molecule has 3 heterocycles. The molecule has 3 aromatic rings. The second kappa shape index (κ2) is 6.64. The predicted molar refractivity (Wildman–Crippen MR) is 91.4 cm³/mol. The average Bonchev–Trinajstić information content (AvgIpc) is 3.20. The molecule has 6 nitrogen and oxygen atoms in total. The fraction of sp³-hybridized carbons (Fsp3) is 0.316. The van der Waals surface area contributed by atoms with Crippen molar-refractivity contribution in [1.82, 2.24) is 15.2 Å². The molecule has 0 saturated carbocycles. The van der Waals surface area contributed by atoms with Crippen LogP contribution in [0.1, 0.15) is 24.3 Å². The summed E-state index contributed by atoms with van der Waals surface area (Å²) in [6.45, 7) is 1.29. The molecule has 1 aliphatic heterocycles. The van der Waals surface area contributed by atoms with Gasteiger partial charge < -0.3 is 13.9 Å². The van der Waals surface area contributed by atoms with Crippen LogP contribution in [0, 0.1) is 0 Å². The summed E-state index contributed by atoms with van der Waals surface area (Å²) in [6, 6.07) is 11.7. The third-order valence-corrected chi connectivity index (χ3v) is 4.73. The van der Waals surface area contributed by atoms with Crippen molar-refractivity contribution in [2.75, 3.05) is 20.3 Å². The number of methoxy groups -OCH3 is 1. The molecule has 0 N–H and O–H groups in total. The number of rotatable bonds is 4. The highest BCUT2D eigenvalue weighted by atomic mass is 16.5. The zero-order chi connectivity index (χ0) is 17.1. The number of aromatic nitrogens is 3. The first kappa shape index (κ1) is 15.8. The van der Waals surface area contributed by atoms with E-state index in [-0.39, 0.29) is 0 Å². The highest BCUT2D eigenvalue weighted by Crippen LogP contribution is 2.44. The van der Waals surface area contributed by atoms with Crippen molar-refractivity contribution in [3.63, 3.8) is 0 Å². The van der Waals surface area contributed by atoms with Gasteiger partial charge in [-0.1, -0.05) is 18.2 Å². The zero-order valence-corrected chi connectivity index (χ0v) is 14.0. The van der Waals surface area contributed by atoms with Gasteiger partial charge in [0, 0.05) is 36.7 Å². The molecule has 0 amide bonds. The summed E-state index contributed by atoms with van der Waals surface area (Å²) in [7, 11) is 1.68. The minimum absolute atomic E-state index is 0.400. The normalized spacial score (nSPS) is 16.5. The van der Waals surface area contributed by atoms with Crippen LogP contribution in [0.4, 0.5) is 0 Å². The van der Waals surface area contributed by atoms with Crippen LogP contribution in [0.5, 0.6) is 5.75 Å². The number of hydrogen-bond acceptors (Lipinski definition) is 6. The molecule has 6 heteroatoms. The molecule has 1 aliphatic rings. The number of para-hydroxylation sites is 1. The van der Waals surface area contributed by atoms with E-state index in [0.717, 1.165) is 29.7 Å². The Morgan fingerprint density at radius 3 is 2.52 bits per heavy atom. The van der Waals surface area contributed by atoms with Gasteiger partial charge >= 0.3 is 0 Å². The molecule has 4 rings (SSSR count). The maximum Gasteiger partial charge on any atom is 0.247 e. The van der Waals surface area contributed by atoms with Crippen LogP contribution in [0.2, 0.25) is 0 Å². The highest BCUT2D eigenvalue weighted by molar-refractivity contribution is 5.51. The summed E-state index contributed by atoms with van der Waals surface area (Å²) < 4.78 is 17.3. The Bertz CT molecular complexity index is 842. The maximum absolute atomic E-state index is 6.11. The van der Waals surface area contributed by atoms with Crippen LogP contribution < -0.4 is 4.74 Å². The van der Waals surface area contributed by atoms with Gasteiger partial charge in [0.2, 0.25) is 11.8 Å². The molecule has 1 saturated heterocycles. The van der Waals surface area contributed by atoms with E-state index in [1.165, 1.54) is 0 Å². The molecule has 2 aromatic heterocycles. The lowest BCUT2D eigenvalue weighted by atomic mass is 9.73. The molecule has 1 fully saturated rings. The molecule has 0 spiro atoms. The Morgan fingerprint density at radius 2 is 1.76 bits per heavy atom. The van der Waals surface area contributed by atoms with E-state index in [2.05, 4.69) is 21.2 Å². The third-order valence-electron chi connectivity index (χ3n) is 4.73. The Hall–Kier alpha value is -2.73. The van der Waals surface area contributed by atoms with E-state index in [1.807, 2.05) is 30.3 Å². The predicted octanol–water partition coefficient (Wildman–Crippen LogP) is 3.24. The topological polar surface area (TPSA) is 70.3 Å². The first-order valence-electron chi connectivity index (χ1n) is 8.29. The quantitative estimate of drug-likeness (QED) is 0.728. The molecule has 0 atom stereocenters. The Balaban J connectivity index is 1.82. The number of nitrogens with zero attached hydrogens (tertiary/aromatic N) is 3. The number of ether oxygens (including phenoxy) is 2. The van der Waals surface area contributed by atoms with Gasteiger partial charge in [0.1, 0.15) is 5.75 Å². The summed E-state index contributed by atoms with van der Waals surface area (Å²) in [5, 5.41) is 8.65. The van der Waals surface area contributed by atoms with Crippen LogP contribution >= 0.6 is 0 Å². The summed E-state index contributed by atoms with van der Waals surface area (Å²) >= 11 is 0. The van der Waals surface area contributed by atoms with Crippen LogP contribution in [-0.4, -0.2) is 35.5 Å². The molecular formula is C19H19N3O3. The summed E-state index contributed by atoms with van der Waals surface area (Å²) in [5.41, 5.74) is 1.52. The van der Waals surface area contributed by atoms with Crippen LogP contribution in [0.15, 0.2) is 53.2 Å². The first-order chi connectivity index (χ1) is 12.3. The van der Waals surface area contributed by atoms with Crippen LogP contribution in [0.25, 0.3) is 11.5 Å². The largest absolute Gasteiger partial charge is 0.496 e.